The lowest BCUT2D eigenvalue weighted by Gasteiger charge is -2.13. The zero-order valence-corrected chi connectivity index (χ0v) is 18.9. The lowest BCUT2D eigenvalue weighted by atomic mass is 10.1. The number of aromatic nitrogens is 4. The molecule has 0 saturated heterocycles. The van der Waals surface area contributed by atoms with Crippen LogP contribution in [0.4, 0.5) is 0 Å². The van der Waals surface area contributed by atoms with Crippen LogP contribution in [-0.2, 0) is 4.79 Å². The van der Waals surface area contributed by atoms with Gasteiger partial charge >= 0.3 is 0 Å². The Hall–Kier alpha value is -4.14. The number of hydrogen-bond acceptors (Lipinski definition) is 7. The minimum absolute atomic E-state index is 0.152. The minimum atomic E-state index is -0.412. The summed E-state index contributed by atoms with van der Waals surface area (Å²) in [6.45, 7) is 3.62. The van der Waals surface area contributed by atoms with E-state index in [9.17, 15) is 4.79 Å². The first-order valence-corrected chi connectivity index (χ1v) is 10.4. The van der Waals surface area contributed by atoms with Crippen molar-refractivity contribution in [1.29, 1.82) is 0 Å². The number of carbonyl (C=O) groups excluding carboxylic acids is 1. The fourth-order valence-electron chi connectivity index (χ4n) is 3.30. The van der Waals surface area contributed by atoms with Gasteiger partial charge in [-0.1, -0.05) is 6.07 Å². The van der Waals surface area contributed by atoms with Crippen LogP contribution in [0.2, 0.25) is 0 Å². The maximum absolute atomic E-state index is 12.4. The molecule has 0 aliphatic carbocycles. The van der Waals surface area contributed by atoms with Crippen LogP contribution in [0.3, 0.4) is 0 Å². The molecule has 4 aromatic rings. The first-order chi connectivity index (χ1) is 16.0. The average Bonchev–Trinajstić information content (AvgIpc) is 3.27. The van der Waals surface area contributed by atoms with Gasteiger partial charge in [-0.2, -0.15) is 0 Å². The molecule has 1 N–H and O–H groups in total. The number of nitrogens with one attached hydrogen (secondary N) is 1. The maximum atomic E-state index is 12.4. The third-order valence-corrected chi connectivity index (χ3v) is 5.07. The average molecular weight is 447 g/mol. The van der Waals surface area contributed by atoms with E-state index in [4.69, 9.17) is 14.2 Å². The molecule has 0 saturated carbocycles. The number of aryl methyl sites for hydroxylation is 1. The summed E-state index contributed by atoms with van der Waals surface area (Å²) in [5, 5.41) is 7.29. The number of methoxy groups -OCH3 is 2. The van der Waals surface area contributed by atoms with E-state index in [-0.39, 0.29) is 12.5 Å². The molecule has 9 heteroatoms. The van der Waals surface area contributed by atoms with E-state index in [1.165, 1.54) is 0 Å². The lowest BCUT2D eigenvalue weighted by Crippen LogP contribution is -2.31. The summed E-state index contributed by atoms with van der Waals surface area (Å²) in [6.07, 6.45) is 1.60. The van der Waals surface area contributed by atoms with Crippen LogP contribution in [0.1, 0.15) is 24.4 Å². The molecule has 2 heterocycles. The first-order valence-electron chi connectivity index (χ1n) is 10.4. The van der Waals surface area contributed by atoms with Crippen LogP contribution in [0, 0.1) is 6.92 Å². The molecule has 2 aromatic carbocycles. The summed E-state index contributed by atoms with van der Waals surface area (Å²) < 4.78 is 17.7. The van der Waals surface area contributed by atoms with Gasteiger partial charge in [-0.25, -0.2) is 14.5 Å². The van der Waals surface area contributed by atoms with Crippen molar-refractivity contribution in [3.05, 3.63) is 66.2 Å². The number of benzene rings is 2. The number of amides is 1. The van der Waals surface area contributed by atoms with Crippen LogP contribution in [0.15, 0.2) is 54.9 Å². The van der Waals surface area contributed by atoms with E-state index in [1.807, 2.05) is 56.3 Å². The molecule has 0 fully saturated rings. The van der Waals surface area contributed by atoms with Crippen molar-refractivity contribution in [3.8, 4) is 28.5 Å². The topological polar surface area (TPSA) is 99.9 Å². The molecule has 2 aromatic heterocycles. The lowest BCUT2D eigenvalue weighted by molar-refractivity contribution is -0.123. The van der Waals surface area contributed by atoms with E-state index < -0.39 is 6.04 Å². The summed E-state index contributed by atoms with van der Waals surface area (Å²) in [4.78, 5) is 21.4. The highest BCUT2D eigenvalue weighted by atomic mass is 16.5. The number of nitrogens with zero attached hydrogens (tertiary/aromatic N) is 4. The fraction of sp³-hybridized carbons (Fsp3) is 0.250. The second-order valence-electron chi connectivity index (χ2n) is 7.51. The van der Waals surface area contributed by atoms with E-state index >= 15 is 0 Å². The number of fused-ring (bicyclic) bond motifs is 1. The molecular formula is C24H25N5O4. The fourth-order valence-corrected chi connectivity index (χ4v) is 3.30. The van der Waals surface area contributed by atoms with Crippen molar-refractivity contribution < 1.29 is 19.0 Å². The minimum Gasteiger partial charge on any atom is -0.497 e. The van der Waals surface area contributed by atoms with Gasteiger partial charge in [-0.05, 0) is 55.8 Å². The van der Waals surface area contributed by atoms with E-state index in [2.05, 4.69) is 20.4 Å². The predicted octanol–water partition coefficient (Wildman–Crippen LogP) is 3.37. The molecule has 9 nitrogen and oxygen atoms in total. The summed E-state index contributed by atoms with van der Waals surface area (Å²) in [7, 11) is 3.19. The van der Waals surface area contributed by atoms with Gasteiger partial charge in [-0.3, -0.25) is 4.79 Å². The third kappa shape index (κ3) is 5.03. The molecule has 1 amide bonds. The van der Waals surface area contributed by atoms with Crippen molar-refractivity contribution >= 4 is 11.6 Å². The maximum Gasteiger partial charge on any atom is 0.258 e. The number of rotatable bonds is 8. The summed E-state index contributed by atoms with van der Waals surface area (Å²) in [6, 6.07) is 14.6. The van der Waals surface area contributed by atoms with Gasteiger partial charge in [0.15, 0.2) is 29.6 Å². The van der Waals surface area contributed by atoms with Crippen LogP contribution in [-0.4, -0.2) is 46.3 Å². The monoisotopic (exact) mass is 447 g/mol. The summed E-state index contributed by atoms with van der Waals surface area (Å²) in [5.74, 6) is 2.05. The molecule has 0 radical (unpaired) electrons. The molecule has 33 heavy (non-hydrogen) atoms. The van der Waals surface area contributed by atoms with Crippen molar-refractivity contribution in [2.45, 2.75) is 19.9 Å². The Morgan fingerprint density at radius 1 is 1.06 bits per heavy atom. The molecule has 170 valence electrons. The highest BCUT2D eigenvalue weighted by Gasteiger charge is 2.16. The Morgan fingerprint density at radius 2 is 1.85 bits per heavy atom. The van der Waals surface area contributed by atoms with Gasteiger partial charge in [-0.15, -0.1) is 5.10 Å². The van der Waals surface area contributed by atoms with E-state index in [0.717, 1.165) is 22.6 Å². The molecule has 4 rings (SSSR count). The van der Waals surface area contributed by atoms with Gasteiger partial charge in [0.1, 0.15) is 12.1 Å². The van der Waals surface area contributed by atoms with Crippen molar-refractivity contribution in [2.24, 2.45) is 0 Å². The predicted molar refractivity (Wildman–Crippen MR) is 123 cm³/mol. The van der Waals surface area contributed by atoms with E-state index in [0.29, 0.717) is 23.0 Å². The zero-order valence-electron chi connectivity index (χ0n) is 18.9. The Balaban J connectivity index is 1.42. The highest BCUT2D eigenvalue weighted by Crippen LogP contribution is 2.27. The van der Waals surface area contributed by atoms with Crippen molar-refractivity contribution in [3.63, 3.8) is 0 Å². The third-order valence-electron chi connectivity index (χ3n) is 5.07. The van der Waals surface area contributed by atoms with Gasteiger partial charge < -0.3 is 19.5 Å². The van der Waals surface area contributed by atoms with Crippen LogP contribution >= 0.6 is 0 Å². The molecule has 0 aliphatic heterocycles. The second-order valence-corrected chi connectivity index (χ2v) is 7.51. The molecule has 0 spiro atoms. The standard InChI is InChI=1S/C24H25N5O4/c1-15-5-10-20(21(11-15)32-4)33-13-23(30)26-16(2)24-27-22-12-19(25-14-29(22)28-24)17-6-8-18(31-3)9-7-17/h5-12,14,16H,13H2,1-4H3,(H,26,30)/t16-/m1/s1. The van der Waals surface area contributed by atoms with Crippen LogP contribution < -0.4 is 19.5 Å². The number of hydrogen-bond donors (Lipinski definition) is 1. The molecule has 1 atom stereocenters. The number of carbonyl (C=O) groups is 1. The molecule has 0 aliphatic rings. The number of ether oxygens (including phenoxy) is 3. The Labute approximate surface area is 191 Å². The summed E-state index contributed by atoms with van der Waals surface area (Å²) >= 11 is 0. The van der Waals surface area contributed by atoms with Gasteiger partial charge in [0, 0.05) is 11.6 Å². The molecule has 0 unspecified atom stereocenters. The second kappa shape index (κ2) is 9.56. The largest absolute Gasteiger partial charge is 0.497 e. The molecular weight excluding hydrogens is 422 g/mol. The normalized spacial score (nSPS) is 11.8. The molecule has 0 bridgehead atoms. The highest BCUT2D eigenvalue weighted by molar-refractivity contribution is 5.78. The van der Waals surface area contributed by atoms with Crippen LogP contribution in [0.25, 0.3) is 16.9 Å². The van der Waals surface area contributed by atoms with Crippen molar-refractivity contribution in [1.82, 2.24) is 24.9 Å². The smallest absolute Gasteiger partial charge is 0.258 e. The van der Waals surface area contributed by atoms with Gasteiger partial charge in [0.2, 0.25) is 0 Å². The Kier molecular flexibility index (Phi) is 6.39. The van der Waals surface area contributed by atoms with Gasteiger partial charge in [0.25, 0.3) is 5.91 Å². The summed E-state index contributed by atoms with van der Waals surface area (Å²) in [5.41, 5.74) is 3.38. The zero-order chi connectivity index (χ0) is 23.4. The van der Waals surface area contributed by atoms with Gasteiger partial charge in [0.05, 0.1) is 26.0 Å². The SMILES string of the molecule is COc1ccc(-c2cc3nc([C@@H](C)NC(=O)COc4ccc(C)cc4OC)nn3cn2)cc1. The van der Waals surface area contributed by atoms with Crippen molar-refractivity contribution in [2.75, 3.05) is 20.8 Å². The van der Waals surface area contributed by atoms with Crippen LogP contribution in [0.5, 0.6) is 17.2 Å². The Morgan fingerprint density at radius 3 is 2.58 bits per heavy atom. The first kappa shape index (κ1) is 22.1. The Bertz CT molecular complexity index is 1270. The quantitative estimate of drug-likeness (QED) is 0.442. The van der Waals surface area contributed by atoms with E-state index in [1.54, 1.807) is 31.1 Å².